The molecule has 1 aromatic heterocycles. The molecule has 1 aromatic rings. The van der Waals surface area contributed by atoms with Crippen molar-refractivity contribution >= 4 is 31.9 Å². The topological polar surface area (TPSA) is 50.9 Å². The van der Waals surface area contributed by atoms with E-state index in [4.69, 9.17) is 0 Å². The van der Waals surface area contributed by atoms with Crippen molar-refractivity contribution in [3.8, 4) is 0 Å². The van der Waals surface area contributed by atoms with Gasteiger partial charge in [-0.3, -0.25) is 4.68 Å². The number of nitrogens with zero attached hydrogens (tertiary/aromatic N) is 3. The van der Waals surface area contributed by atoms with Crippen molar-refractivity contribution in [1.29, 1.82) is 0 Å². The highest BCUT2D eigenvalue weighted by molar-refractivity contribution is 9.14. The van der Waals surface area contributed by atoms with Crippen LogP contribution in [0.4, 0.5) is 0 Å². The average molecular weight is 367 g/mol. The van der Waals surface area contributed by atoms with Crippen molar-refractivity contribution in [1.82, 2.24) is 14.8 Å². The summed E-state index contributed by atoms with van der Waals surface area (Å²) in [6.45, 7) is 6.45. The second-order valence-corrected chi connectivity index (χ2v) is 6.58. The van der Waals surface area contributed by atoms with Crippen LogP contribution in [-0.4, -0.2) is 25.5 Å². The lowest BCUT2D eigenvalue weighted by atomic mass is 9.74. The van der Waals surface area contributed by atoms with E-state index < -0.39 is 5.60 Å². The summed E-state index contributed by atoms with van der Waals surface area (Å²) >= 11 is 6.68. The van der Waals surface area contributed by atoms with Crippen molar-refractivity contribution in [2.45, 2.75) is 39.3 Å². The molecular weight excluding hydrogens is 350 g/mol. The lowest BCUT2D eigenvalue weighted by Gasteiger charge is -2.40. The van der Waals surface area contributed by atoms with Gasteiger partial charge in [0.2, 0.25) is 0 Å². The zero-order valence-electron chi connectivity index (χ0n) is 10.2. The molecule has 1 unspecified atom stereocenters. The summed E-state index contributed by atoms with van der Waals surface area (Å²) in [6.07, 6.45) is 3.60. The molecule has 1 heterocycles. The van der Waals surface area contributed by atoms with E-state index in [1.54, 1.807) is 16.0 Å². The zero-order valence-corrected chi connectivity index (χ0v) is 13.4. The van der Waals surface area contributed by atoms with Gasteiger partial charge in [0, 0.05) is 10.9 Å². The van der Waals surface area contributed by atoms with E-state index in [9.17, 15) is 5.11 Å². The van der Waals surface area contributed by atoms with Gasteiger partial charge in [0.05, 0.1) is 12.1 Å². The summed E-state index contributed by atoms with van der Waals surface area (Å²) in [5, 5.41) is 14.9. The molecule has 17 heavy (non-hydrogen) atoms. The van der Waals surface area contributed by atoms with E-state index in [0.29, 0.717) is 13.0 Å². The van der Waals surface area contributed by atoms with E-state index in [-0.39, 0.29) is 5.41 Å². The molecule has 6 heteroatoms. The number of aliphatic hydroxyl groups is 1. The highest BCUT2D eigenvalue weighted by atomic mass is 79.9. The minimum absolute atomic E-state index is 0.270. The van der Waals surface area contributed by atoms with Gasteiger partial charge in [0.25, 0.3) is 0 Å². The van der Waals surface area contributed by atoms with Gasteiger partial charge in [-0.25, -0.2) is 4.98 Å². The molecule has 0 aliphatic carbocycles. The van der Waals surface area contributed by atoms with Crippen molar-refractivity contribution < 1.29 is 5.11 Å². The molecule has 4 nitrogen and oxygen atoms in total. The third kappa shape index (κ3) is 3.89. The number of rotatable bonds is 4. The van der Waals surface area contributed by atoms with Crippen LogP contribution in [0.1, 0.15) is 27.2 Å². The third-order valence-corrected chi connectivity index (χ3v) is 4.54. The lowest BCUT2D eigenvalue weighted by molar-refractivity contribution is -0.0714. The predicted molar refractivity (Wildman–Crippen MR) is 75.0 cm³/mol. The molecule has 0 saturated carbocycles. The Labute approximate surface area is 118 Å². The largest absolute Gasteiger partial charge is 0.387 e. The van der Waals surface area contributed by atoms with Crippen molar-refractivity contribution in [2.75, 3.05) is 0 Å². The molecule has 1 N–H and O–H groups in total. The quantitative estimate of drug-likeness (QED) is 0.890. The van der Waals surface area contributed by atoms with Gasteiger partial charge in [-0.15, -0.1) is 0 Å². The van der Waals surface area contributed by atoms with E-state index in [1.807, 2.05) is 20.8 Å². The Balaban J connectivity index is 2.94. The maximum atomic E-state index is 10.8. The van der Waals surface area contributed by atoms with E-state index in [2.05, 4.69) is 41.9 Å². The van der Waals surface area contributed by atoms with Gasteiger partial charge in [-0.05, 0) is 10.4 Å². The van der Waals surface area contributed by atoms with Gasteiger partial charge in [-0.1, -0.05) is 52.6 Å². The first-order valence-electron chi connectivity index (χ1n) is 5.28. The predicted octanol–water partition coefficient (Wildman–Crippen LogP) is 3.08. The number of aromatic nitrogens is 3. The van der Waals surface area contributed by atoms with E-state index in [0.717, 1.165) is 4.48 Å². The van der Waals surface area contributed by atoms with Crippen LogP contribution in [-0.2, 0) is 6.54 Å². The van der Waals surface area contributed by atoms with Crippen LogP contribution in [0.2, 0.25) is 0 Å². The molecule has 0 radical (unpaired) electrons. The first kappa shape index (κ1) is 14.9. The molecule has 0 saturated heterocycles. The highest BCUT2D eigenvalue weighted by Crippen LogP contribution is 2.38. The number of hydrogen-bond acceptors (Lipinski definition) is 3. The summed E-state index contributed by atoms with van der Waals surface area (Å²) in [7, 11) is 0. The van der Waals surface area contributed by atoms with E-state index >= 15 is 0 Å². The minimum atomic E-state index is -0.899. The molecule has 0 aliphatic rings. The monoisotopic (exact) mass is 365 g/mol. The fraction of sp³-hybridized carbons (Fsp3) is 0.636. The van der Waals surface area contributed by atoms with Gasteiger partial charge >= 0.3 is 0 Å². The Morgan fingerprint density at radius 1 is 1.47 bits per heavy atom. The maximum Gasteiger partial charge on any atom is 0.137 e. The van der Waals surface area contributed by atoms with Crippen molar-refractivity contribution in [3.05, 3.63) is 22.1 Å². The van der Waals surface area contributed by atoms with Gasteiger partial charge in [-0.2, -0.15) is 5.10 Å². The summed E-state index contributed by atoms with van der Waals surface area (Å²) in [5.74, 6) is 0. The second-order valence-electron chi connectivity index (χ2n) is 5.11. The Bertz CT molecular complexity index is 384. The molecule has 0 aromatic carbocycles. The zero-order chi connectivity index (χ0) is 13.1. The van der Waals surface area contributed by atoms with Gasteiger partial charge < -0.3 is 5.11 Å². The van der Waals surface area contributed by atoms with Crippen LogP contribution >= 0.6 is 31.9 Å². The molecule has 1 rings (SSSR count). The molecule has 0 aliphatic heterocycles. The SMILES string of the molecule is CC(C)(C)C(O)(CC(Br)=CBr)Cn1cncn1. The van der Waals surface area contributed by atoms with Crippen LogP contribution in [0, 0.1) is 5.41 Å². The maximum absolute atomic E-state index is 10.8. The first-order valence-corrected chi connectivity index (χ1v) is 6.99. The molecule has 0 bridgehead atoms. The summed E-state index contributed by atoms with van der Waals surface area (Å²) < 4.78 is 2.56. The smallest absolute Gasteiger partial charge is 0.137 e. The van der Waals surface area contributed by atoms with E-state index in [1.165, 1.54) is 6.33 Å². The summed E-state index contributed by atoms with van der Waals surface area (Å²) in [5.41, 5.74) is -1.17. The van der Waals surface area contributed by atoms with Crippen LogP contribution in [0.15, 0.2) is 22.1 Å². The summed E-state index contributed by atoms with van der Waals surface area (Å²) in [6, 6.07) is 0. The fourth-order valence-electron chi connectivity index (χ4n) is 1.46. The average Bonchev–Trinajstić information content (AvgIpc) is 2.68. The van der Waals surface area contributed by atoms with Crippen LogP contribution in [0.5, 0.6) is 0 Å². The molecule has 0 amide bonds. The fourth-order valence-corrected chi connectivity index (χ4v) is 2.08. The molecular formula is C11H17Br2N3O. The first-order chi connectivity index (χ1) is 7.78. The van der Waals surface area contributed by atoms with Crippen molar-refractivity contribution in [2.24, 2.45) is 5.41 Å². The van der Waals surface area contributed by atoms with Crippen LogP contribution in [0.25, 0.3) is 0 Å². The number of halogens is 2. The van der Waals surface area contributed by atoms with Crippen LogP contribution in [0.3, 0.4) is 0 Å². The van der Waals surface area contributed by atoms with Gasteiger partial charge in [0.15, 0.2) is 0 Å². The Morgan fingerprint density at radius 3 is 2.53 bits per heavy atom. The highest BCUT2D eigenvalue weighted by Gasteiger charge is 2.41. The number of hydrogen-bond donors (Lipinski definition) is 1. The van der Waals surface area contributed by atoms with Gasteiger partial charge in [0.1, 0.15) is 12.7 Å². The Morgan fingerprint density at radius 2 is 2.12 bits per heavy atom. The second kappa shape index (κ2) is 5.63. The van der Waals surface area contributed by atoms with Crippen molar-refractivity contribution in [3.63, 3.8) is 0 Å². The standard InChI is InChI=1S/C11H17Br2N3O/c1-10(2,3)11(17,4-9(13)5-12)6-16-8-14-7-15-16/h5,7-8,17H,4,6H2,1-3H3. The third-order valence-electron chi connectivity index (χ3n) is 2.87. The minimum Gasteiger partial charge on any atom is -0.387 e. The molecule has 96 valence electrons. The summed E-state index contributed by atoms with van der Waals surface area (Å²) in [4.78, 5) is 5.66. The molecule has 0 spiro atoms. The molecule has 1 atom stereocenters. The Hall–Kier alpha value is -0.200. The Kier molecular flexibility index (Phi) is 4.92. The van der Waals surface area contributed by atoms with Crippen LogP contribution < -0.4 is 0 Å². The lowest BCUT2D eigenvalue weighted by Crippen LogP contribution is -2.46. The molecule has 0 fully saturated rings. The normalized spacial score (nSPS) is 16.9.